The van der Waals surface area contributed by atoms with Gasteiger partial charge in [-0.1, -0.05) is 18.2 Å². The van der Waals surface area contributed by atoms with Crippen molar-refractivity contribution in [3.63, 3.8) is 0 Å². The summed E-state index contributed by atoms with van der Waals surface area (Å²) in [7, 11) is -3.50. The van der Waals surface area contributed by atoms with E-state index in [-0.39, 0.29) is 11.9 Å². The topological polar surface area (TPSA) is 77.5 Å². The van der Waals surface area contributed by atoms with Crippen LogP contribution in [0.5, 0.6) is 11.5 Å². The number of rotatable bonds is 6. The third kappa shape index (κ3) is 4.61. The van der Waals surface area contributed by atoms with Gasteiger partial charge in [0.05, 0.1) is 23.1 Å². The summed E-state index contributed by atoms with van der Waals surface area (Å²) in [6.07, 6.45) is 4.22. The van der Waals surface area contributed by atoms with Crippen molar-refractivity contribution < 1.29 is 17.9 Å². The van der Waals surface area contributed by atoms with E-state index in [1.165, 1.54) is 0 Å². The monoisotopic (exact) mass is 398 g/mol. The van der Waals surface area contributed by atoms with Gasteiger partial charge in [-0.3, -0.25) is 9.71 Å². The molecule has 7 heteroatoms. The minimum Gasteiger partial charge on any atom is -0.457 e. The Morgan fingerprint density at radius 1 is 1.11 bits per heavy atom. The van der Waals surface area contributed by atoms with E-state index >= 15 is 0 Å². The zero-order valence-corrected chi connectivity index (χ0v) is 16.2. The van der Waals surface area contributed by atoms with Gasteiger partial charge in [0.1, 0.15) is 11.5 Å². The predicted octanol–water partition coefficient (Wildman–Crippen LogP) is 4.34. The van der Waals surface area contributed by atoms with Gasteiger partial charge in [0, 0.05) is 24.3 Å². The molecule has 1 N–H and O–H groups in total. The van der Waals surface area contributed by atoms with Crippen LogP contribution in [0.1, 0.15) is 19.3 Å². The summed E-state index contributed by atoms with van der Waals surface area (Å²) in [5.74, 6) is 1.18. The number of nitrogens with zero attached hydrogens (tertiary/aromatic N) is 1. The number of hydrogen-bond donors (Lipinski definition) is 1. The Kier molecular flexibility index (Phi) is 5.45. The zero-order valence-electron chi connectivity index (χ0n) is 15.4. The molecule has 0 radical (unpaired) electrons. The van der Waals surface area contributed by atoms with Gasteiger partial charge in [-0.15, -0.1) is 0 Å². The fourth-order valence-corrected chi connectivity index (χ4v) is 4.64. The molecule has 1 saturated heterocycles. The first-order valence-electron chi connectivity index (χ1n) is 9.33. The molecule has 0 spiro atoms. The number of aromatic nitrogens is 1. The first-order valence-corrected chi connectivity index (χ1v) is 11.0. The number of anilines is 1. The fraction of sp³-hybridized carbons (Fsp3) is 0.286. The lowest BCUT2D eigenvalue weighted by Gasteiger charge is -2.22. The van der Waals surface area contributed by atoms with Crippen molar-refractivity contribution in [1.29, 1.82) is 0 Å². The lowest BCUT2D eigenvalue weighted by molar-refractivity contribution is 0.0306. The lowest BCUT2D eigenvalue weighted by atomic mass is 10.1. The molecule has 1 aromatic heterocycles. The quantitative estimate of drug-likeness (QED) is 0.668. The molecule has 1 aliphatic heterocycles. The number of benzene rings is 2. The minimum absolute atomic E-state index is 0.0346. The molecular weight excluding hydrogens is 376 g/mol. The van der Waals surface area contributed by atoms with Crippen LogP contribution in [0.2, 0.25) is 0 Å². The normalized spacial score (nSPS) is 17.4. The second-order valence-electron chi connectivity index (χ2n) is 6.83. The Hall–Kier alpha value is -2.64. The Labute approximate surface area is 164 Å². The van der Waals surface area contributed by atoms with Crippen LogP contribution in [0.25, 0.3) is 10.9 Å². The summed E-state index contributed by atoms with van der Waals surface area (Å²) >= 11 is 0. The Bertz CT molecular complexity index is 1060. The molecule has 1 fully saturated rings. The van der Waals surface area contributed by atoms with Crippen LogP contribution in [-0.2, 0) is 14.8 Å². The summed E-state index contributed by atoms with van der Waals surface area (Å²) in [5.41, 5.74) is 1.30. The van der Waals surface area contributed by atoms with E-state index in [9.17, 15) is 8.42 Å². The van der Waals surface area contributed by atoms with Crippen LogP contribution in [0.15, 0.2) is 60.8 Å². The van der Waals surface area contributed by atoms with Gasteiger partial charge >= 0.3 is 0 Å². The summed E-state index contributed by atoms with van der Waals surface area (Å²) in [6, 6.07) is 16.4. The van der Waals surface area contributed by atoms with Crippen LogP contribution in [-0.4, -0.2) is 31.9 Å². The van der Waals surface area contributed by atoms with Gasteiger partial charge in [-0.05, 0) is 49.6 Å². The summed E-state index contributed by atoms with van der Waals surface area (Å²) in [4.78, 5) is 4.32. The number of hydrogen-bond acceptors (Lipinski definition) is 5. The summed E-state index contributed by atoms with van der Waals surface area (Å²) in [5, 5.41) is 0.894. The highest BCUT2D eigenvalue weighted by Gasteiger charge is 2.22. The number of ether oxygens (including phenoxy) is 2. The smallest absolute Gasteiger partial charge is 0.235 e. The van der Waals surface area contributed by atoms with Crippen LogP contribution in [0, 0.1) is 0 Å². The zero-order chi connectivity index (χ0) is 19.4. The molecule has 0 bridgehead atoms. The highest BCUT2D eigenvalue weighted by molar-refractivity contribution is 7.92. The van der Waals surface area contributed by atoms with Gasteiger partial charge in [0.15, 0.2) is 0 Å². The van der Waals surface area contributed by atoms with Gasteiger partial charge in [0.2, 0.25) is 10.0 Å². The SMILES string of the molecule is O=S(=O)(C[C@H]1CCCCO1)Nc1cccc(Oc2ccnc3ccccc23)c1. The van der Waals surface area contributed by atoms with Gasteiger partial charge in [0.25, 0.3) is 0 Å². The Morgan fingerprint density at radius 2 is 2.00 bits per heavy atom. The number of para-hydroxylation sites is 1. The highest BCUT2D eigenvalue weighted by Crippen LogP contribution is 2.30. The van der Waals surface area contributed by atoms with E-state index < -0.39 is 10.0 Å². The second kappa shape index (κ2) is 8.16. The first kappa shape index (κ1) is 18.7. The minimum atomic E-state index is -3.50. The van der Waals surface area contributed by atoms with Crippen molar-refractivity contribution >= 4 is 26.6 Å². The molecule has 146 valence electrons. The Morgan fingerprint density at radius 3 is 2.86 bits per heavy atom. The van der Waals surface area contributed by atoms with E-state index in [2.05, 4.69) is 9.71 Å². The molecule has 28 heavy (non-hydrogen) atoms. The molecule has 0 unspecified atom stereocenters. The predicted molar refractivity (Wildman–Crippen MR) is 109 cm³/mol. The second-order valence-corrected chi connectivity index (χ2v) is 8.60. The average Bonchev–Trinajstić information content (AvgIpc) is 2.68. The first-order chi connectivity index (χ1) is 13.6. The number of nitrogens with one attached hydrogen (secondary N) is 1. The van der Waals surface area contributed by atoms with Gasteiger partial charge in [-0.2, -0.15) is 0 Å². The van der Waals surface area contributed by atoms with Gasteiger partial charge in [-0.25, -0.2) is 8.42 Å². The molecule has 2 heterocycles. The molecule has 2 aromatic carbocycles. The molecule has 4 rings (SSSR count). The van der Waals surface area contributed by atoms with Crippen LogP contribution in [0.3, 0.4) is 0 Å². The van der Waals surface area contributed by atoms with E-state index in [4.69, 9.17) is 9.47 Å². The van der Waals surface area contributed by atoms with E-state index in [1.807, 2.05) is 24.3 Å². The molecule has 0 saturated carbocycles. The van der Waals surface area contributed by atoms with E-state index in [1.54, 1.807) is 36.5 Å². The third-order valence-electron chi connectivity index (χ3n) is 4.62. The molecular formula is C21H22N2O4S. The molecule has 6 nitrogen and oxygen atoms in total. The molecule has 1 aliphatic rings. The highest BCUT2D eigenvalue weighted by atomic mass is 32.2. The maximum Gasteiger partial charge on any atom is 0.235 e. The largest absolute Gasteiger partial charge is 0.457 e. The third-order valence-corrected chi connectivity index (χ3v) is 5.98. The van der Waals surface area contributed by atoms with E-state index in [0.717, 1.165) is 30.2 Å². The fourth-order valence-electron chi connectivity index (χ4n) is 3.31. The average molecular weight is 398 g/mol. The van der Waals surface area contributed by atoms with Crippen LogP contribution in [0.4, 0.5) is 5.69 Å². The van der Waals surface area contributed by atoms with Crippen molar-refractivity contribution in [1.82, 2.24) is 4.98 Å². The Balaban J connectivity index is 1.49. The summed E-state index contributed by atoms with van der Waals surface area (Å²) in [6.45, 7) is 0.628. The molecule has 0 amide bonds. The van der Waals surface area contributed by atoms with Crippen molar-refractivity contribution in [3.8, 4) is 11.5 Å². The number of sulfonamides is 1. The number of fused-ring (bicyclic) bond motifs is 1. The molecule has 3 aromatic rings. The number of pyridine rings is 1. The standard InChI is InChI=1S/C21H22N2O4S/c24-28(25,15-18-7-3-4-13-26-18)23-16-6-5-8-17(14-16)27-21-11-12-22-20-10-2-1-9-19(20)21/h1-2,5-6,8-12,14,18,23H,3-4,7,13,15H2/t18-/m1/s1. The maximum atomic E-state index is 12.5. The lowest BCUT2D eigenvalue weighted by Crippen LogP contribution is -2.30. The van der Waals surface area contributed by atoms with E-state index in [0.29, 0.717) is 23.8 Å². The van der Waals surface area contributed by atoms with Crippen LogP contribution < -0.4 is 9.46 Å². The van der Waals surface area contributed by atoms with Crippen molar-refractivity contribution in [2.75, 3.05) is 17.1 Å². The molecule has 1 atom stereocenters. The van der Waals surface area contributed by atoms with Gasteiger partial charge < -0.3 is 9.47 Å². The summed E-state index contributed by atoms with van der Waals surface area (Å²) < 4.78 is 39.1. The van der Waals surface area contributed by atoms with Crippen molar-refractivity contribution in [2.45, 2.75) is 25.4 Å². The van der Waals surface area contributed by atoms with Crippen molar-refractivity contribution in [2.24, 2.45) is 0 Å². The van der Waals surface area contributed by atoms with Crippen molar-refractivity contribution in [3.05, 3.63) is 60.8 Å². The van der Waals surface area contributed by atoms with Crippen LogP contribution >= 0.6 is 0 Å². The molecule has 0 aliphatic carbocycles. The maximum absolute atomic E-state index is 12.5.